The number of fused-ring (bicyclic) bond motifs is 2. The van der Waals surface area contributed by atoms with Gasteiger partial charge in [0.1, 0.15) is 23.7 Å². The van der Waals surface area contributed by atoms with E-state index in [0.717, 1.165) is 13.2 Å². The monoisotopic (exact) mass is 511 g/mol. The number of carbonyl (C=O) groups excluding carboxylic acids is 1. The summed E-state index contributed by atoms with van der Waals surface area (Å²) in [5, 5.41) is 6.75. The maximum atomic E-state index is 13.6. The van der Waals surface area contributed by atoms with Gasteiger partial charge < -0.3 is 25.0 Å². The molecule has 1 saturated heterocycles. The lowest BCUT2D eigenvalue weighted by Crippen LogP contribution is -2.14. The van der Waals surface area contributed by atoms with Gasteiger partial charge in [0.25, 0.3) is 0 Å². The Balaban J connectivity index is 1.43. The number of carbonyl (C=O) groups is 1. The maximum Gasteiger partial charge on any atom is 0.248 e. The van der Waals surface area contributed by atoms with Gasteiger partial charge in [0.05, 0.1) is 36.0 Å². The van der Waals surface area contributed by atoms with Gasteiger partial charge in [-0.05, 0) is 50.2 Å². The lowest BCUT2D eigenvalue weighted by molar-refractivity contribution is -0.111. The van der Waals surface area contributed by atoms with Crippen LogP contribution >= 0.6 is 11.6 Å². The number of hydrogen-bond donors (Lipinski definition) is 2. The van der Waals surface area contributed by atoms with Crippen molar-refractivity contribution in [2.24, 2.45) is 17.8 Å². The number of likely N-dealkylation sites (N-methyl/N-ethyl adjacent to an activating group) is 1. The van der Waals surface area contributed by atoms with Crippen LogP contribution in [0, 0.1) is 23.6 Å². The Morgan fingerprint density at radius 2 is 2.06 bits per heavy atom. The molecule has 2 N–H and O–H groups in total. The first-order chi connectivity index (χ1) is 17.4. The van der Waals surface area contributed by atoms with E-state index in [1.807, 2.05) is 19.0 Å². The van der Waals surface area contributed by atoms with E-state index in [2.05, 4.69) is 20.6 Å². The third-order valence-corrected chi connectivity index (χ3v) is 6.77. The van der Waals surface area contributed by atoms with Crippen LogP contribution in [0.5, 0.6) is 5.75 Å². The molecular weight excluding hydrogens is 485 g/mol. The molecule has 10 heteroatoms. The van der Waals surface area contributed by atoms with Crippen molar-refractivity contribution in [1.82, 2.24) is 14.9 Å². The molecular formula is C26H27ClFN5O3. The number of amides is 1. The molecule has 188 valence electrons. The van der Waals surface area contributed by atoms with E-state index in [0.29, 0.717) is 64.8 Å². The predicted molar refractivity (Wildman–Crippen MR) is 137 cm³/mol. The summed E-state index contributed by atoms with van der Waals surface area (Å²) >= 11 is 5.93. The minimum Gasteiger partial charge on any atom is -0.491 e. The summed E-state index contributed by atoms with van der Waals surface area (Å²) in [4.78, 5) is 23.4. The van der Waals surface area contributed by atoms with E-state index < -0.39 is 5.82 Å². The fourth-order valence-electron chi connectivity index (χ4n) is 4.45. The molecule has 2 unspecified atom stereocenters. The number of nitrogens with one attached hydrogen (secondary N) is 2. The first-order valence-electron chi connectivity index (χ1n) is 11.7. The summed E-state index contributed by atoms with van der Waals surface area (Å²) in [6.45, 7) is 2.76. The third-order valence-electron chi connectivity index (χ3n) is 6.48. The number of rotatable bonds is 9. The normalized spacial score (nSPS) is 20.6. The lowest BCUT2D eigenvalue weighted by Gasteiger charge is -2.16. The molecule has 8 nitrogen and oxygen atoms in total. The topological polar surface area (TPSA) is 88.6 Å². The van der Waals surface area contributed by atoms with Gasteiger partial charge in [-0.2, -0.15) is 0 Å². The van der Waals surface area contributed by atoms with Crippen LogP contribution in [0.4, 0.5) is 21.6 Å². The van der Waals surface area contributed by atoms with E-state index in [9.17, 15) is 9.18 Å². The molecule has 2 atom stereocenters. The number of ether oxygens (including phenoxy) is 2. The minimum atomic E-state index is -0.504. The van der Waals surface area contributed by atoms with Crippen LogP contribution < -0.4 is 15.4 Å². The first kappa shape index (κ1) is 24.4. The number of hydrogen-bond acceptors (Lipinski definition) is 7. The Bertz CT molecular complexity index is 1310. The molecule has 1 aliphatic heterocycles. The molecule has 1 aliphatic carbocycles. The van der Waals surface area contributed by atoms with E-state index >= 15 is 0 Å². The van der Waals surface area contributed by atoms with Crippen LogP contribution in [0.1, 0.15) is 0 Å². The summed E-state index contributed by atoms with van der Waals surface area (Å²) < 4.78 is 25.3. The maximum absolute atomic E-state index is 13.6. The fourth-order valence-corrected chi connectivity index (χ4v) is 4.63. The second-order valence-corrected chi connectivity index (χ2v) is 9.74. The Kier molecular flexibility index (Phi) is 7.04. The molecule has 2 fully saturated rings. The predicted octanol–water partition coefficient (Wildman–Crippen LogP) is 4.49. The molecule has 0 spiro atoms. The quantitative estimate of drug-likeness (QED) is 0.409. The molecule has 3 aromatic rings. The fraction of sp³-hybridized carbons (Fsp3) is 0.346. The van der Waals surface area contributed by atoms with Crippen LogP contribution in [0.25, 0.3) is 10.9 Å². The van der Waals surface area contributed by atoms with Crippen LogP contribution in [0.3, 0.4) is 0 Å². The Hall–Kier alpha value is -3.27. The van der Waals surface area contributed by atoms with Crippen molar-refractivity contribution in [2.75, 3.05) is 51.1 Å². The van der Waals surface area contributed by atoms with Gasteiger partial charge in [-0.15, -0.1) is 0 Å². The highest BCUT2D eigenvalue weighted by molar-refractivity contribution is 6.31. The highest BCUT2D eigenvalue weighted by Crippen LogP contribution is 2.51. The average Bonchev–Trinajstić information content (AvgIpc) is 3.26. The van der Waals surface area contributed by atoms with Crippen molar-refractivity contribution in [2.45, 2.75) is 0 Å². The van der Waals surface area contributed by atoms with Gasteiger partial charge in [0.2, 0.25) is 5.91 Å². The smallest absolute Gasteiger partial charge is 0.248 e. The molecule has 0 bridgehead atoms. The summed E-state index contributed by atoms with van der Waals surface area (Å²) in [6.07, 6.45) is 4.72. The highest BCUT2D eigenvalue weighted by Gasteiger charge is 2.54. The second kappa shape index (κ2) is 10.4. The average molecular weight is 512 g/mol. The molecule has 2 aromatic carbocycles. The van der Waals surface area contributed by atoms with Crippen molar-refractivity contribution in [1.29, 1.82) is 0 Å². The Morgan fingerprint density at radius 1 is 1.25 bits per heavy atom. The van der Waals surface area contributed by atoms with Crippen LogP contribution in [0.15, 0.2) is 48.8 Å². The van der Waals surface area contributed by atoms with E-state index in [1.165, 1.54) is 24.5 Å². The Morgan fingerprint density at radius 3 is 2.81 bits per heavy atom. The number of halogens is 2. The SMILES string of the molecule is CN(C)C/C=C/C(=O)Nc1cc2c(Nc3ccc(F)c(Cl)c3)ncnc2cc1OCC1C2COCC21. The summed E-state index contributed by atoms with van der Waals surface area (Å²) in [7, 11) is 3.86. The lowest BCUT2D eigenvalue weighted by atomic mass is 10.1. The zero-order valence-corrected chi connectivity index (χ0v) is 20.8. The molecule has 2 heterocycles. The third kappa shape index (κ3) is 5.43. The summed E-state index contributed by atoms with van der Waals surface area (Å²) in [6, 6.07) is 7.92. The van der Waals surface area contributed by atoms with Crippen LogP contribution in [0.2, 0.25) is 5.02 Å². The van der Waals surface area contributed by atoms with E-state index in [-0.39, 0.29) is 10.9 Å². The van der Waals surface area contributed by atoms with Gasteiger partial charge in [0.15, 0.2) is 0 Å². The summed E-state index contributed by atoms with van der Waals surface area (Å²) in [5.74, 6) is 1.82. The molecule has 0 radical (unpaired) electrons. The van der Waals surface area contributed by atoms with Gasteiger partial charge >= 0.3 is 0 Å². The van der Waals surface area contributed by atoms with Gasteiger partial charge in [-0.25, -0.2) is 14.4 Å². The second-order valence-electron chi connectivity index (χ2n) is 9.34. The summed E-state index contributed by atoms with van der Waals surface area (Å²) in [5.41, 5.74) is 1.72. The number of benzene rings is 2. The molecule has 2 aliphatic rings. The van der Waals surface area contributed by atoms with Crippen molar-refractivity contribution < 1.29 is 18.7 Å². The number of aromatic nitrogens is 2. The molecule has 1 aromatic heterocycles. The highest BCUT2D eigenvalue weighted by atomic mass is 35.5. The zero-order chi connectivity index (χ0) is 25.2. The van der Waals surface area contributed by atoms with Gasteiger partial charge in [-0.3, -0.25) is 4.79 Å². The number of nitrogens with zero attached hydrogens (tertiary/aromatic N) is 3. The van der Waals surface area contributed by atoms with Crippen molar-refractivity contribution in [3.8, 4) is 5.75 Å². The van der Waals surface area contributed by atoms with Crippen molar-refractivity contribution >= 4 is 45.6 Å². The van der Waals surface area contributed by atoms with Gasteiger partial charge in [-0.1, -0.05) is 17.7 Å². The van der Waals surface area contributed by atoms with Crippen LogP contribution in [-0.4, -0.2) is 61.2 Å². The number of anilines is 3. The van der Waals surface area contributed by atoms with Crippen molar-refractivity contribution in [3.05, 3.63) is 59.7 Å². The van der Waals surface area contributed by atoms with E-state index in [4.69, 9.17) is 21.1 Å². The van der Waals surface area contributed by atoms with Gasteiger partial charge in [0, 0.05) is 35.7 Å². The molecule has 5 rings (SSSR count). The zero-order valence-electron chi connectivity index (χ0n) is 20.0. The van der Waals surface area contributed by atoms with Crippen molar-refractivity contribution in [3.63, 3.8) is 0 Å². The standard InChI is InChI=1S/C26H27ClFN5O3/c1-33(2)7-3-4-25(34)32-23-9-16-22(10-24(23)36-13-19-17-11-35-12-18(17)19)29-14-30-26(16)31-15-5-6-21(28)20(27)8-15/h3-6,8-10,14,17-19H,7,11-13H2,1-2H3,(H,32,34)(H,29,30,31)/b4-3+. The van der Waals surface area contributed by atoms with E-state index in [1.54, 1.807) is 24.3 Å². The van der Waals surface area contributed by atoms with Crippen LogP contribution in [-0.2, 0) is 9.53 Å². The molecule has 1 saturated carbocycles. The first-order valence-corrected chi connectivity index (χ1v) is 12.1. The Labute approximate surface area is 213 Å². The minimum absolute atomic E-state index is 0.00162. The largest absolute Gasteiger partial charge is 0.491 e. The molecule has 36 heavy (non-hydrogen) atoms. The molecule has 1 amide bonds.